The average Bonchev–Trinajstić information content (AvgIpc) is 2.37. The summed E-state index contributed by atoms with van der Waals surface area (Å²) >= 11 is 0. The molecule has 0 aliphatic carbocycles. The molecule has 4 heteroatoms. The molecule has 90 valence electrons. The Morgan fingerprint density at radius 1 is 1.41 bits per heavy atom. The molecule has 1 amide bonds. The fraction of sp³-hybridized carbons (Fsp3) is 0.385. The van der Waals surface area contributed by atoms with E-state index in [0.29, 0.717) is 19.5 Å². The van der Waals surface area contributed by atoms with Crippen LogP contribution in [0.1, 0.15) is 13.3 Å². The number of likely N-dealkylation sites (N-methyl/N-ethyl adjacent to an activating group) is 1. The number of anilines is 1. The van der Waals surface area contributed by atoms with Crippen LogP contribution in [0.3, 0.4) is 0 Å². The van der Waals surface area contributed by atoms with Crippen LogP contribution in [-0.2, 0) is 4.79 Å². The third-order valence-electron chi connectivity index (χ3n) is 2.40. The van der Waals surface area contributed by atoms with Gasteiger partial charge in [0.05, 0.1) is 19.0 Å². The van der Waals surface area contributed by atoms with Crippen molar-refractivity contribution in [2.75, 3.05) is 24.5 Å². The van der Waals surface area contributed by atoms with Gasteiger partial charge < -0.3 is 10.2 Å². The highest BCUT2D eigenvalue weighted by Gasteiger charge is 2.08. The Morgan fingerprint density at radius 3 is 2.71 bits per heavy atom. The minimum Gasteiger partial charge on any atom is -0.363 e. The Balaban J connectivity index is 2.48. The summed E-state index contributed by atoms with van der Waals surface area (Å²) in [6.45, 7) is 3.53. The van der Waals surface area contributed by atoms with Crippen molar-refractivity contribution in [3.63, 3.8) is 0 Å². The molecule has 0 bridgehead atoms. The minimum absolute atomic E-state index is 0.0500. The molecule has 0 heterocycles. The van der Waals surface area contributed by atoms with Gasteiger partial charge in [-0.2, -0.15) is 5.26 Å². The number of para-hydroxylation sites is 1. The smallest absolute Gasteiger partial charge is 0.239 e. The van der Waals surface area contributed by atoms with Gasteiger partial charge in [0.25, 0.3) is 0 Å². The average molecular weight is 231 g/mol. The van der Waals surface area contributed by atoms with Gasteiger partial charge in [-0.25, -0.2) is 0 Å². The van der Waals surface area contributed by atoms with Crippen LogP contribution in [0.2, 0.25) is 0 Å². The third kappa shape index (κ3) is 4.56. The lowest BCUT2D eigenvalue weighted by molar-refractivity contribution is -0.119. The molecular weight excluding hydrogens is 214 g/mol. The molecule has 0 aliphatic rings. The van der Waals surface area contributed by atoms with E-state index in [-0.39, 0.29) is 5.91 Å². The molecule has 0 radical (unpaired) electrons. The van der Waals surface area contributed by atoms with Crippen LogP contribution in [0.4, 0.5) is 5.69 Å². The van der Waals surface area contributed by atoms with E-state index in [2.05, 4.69) is 5.32 Å². The van der Waals surface area contributed by atoms with E-state index in [1.54, 1.807) is 0 Å². The zero-order valence-electron chi connectivity index (χ0n) is 10.0. The topological polar surface area (TPSA) is 56.1 Å². The monoisotopic (exact) mass is 231 g/mol. The lowest BCUT2D eigenvalue weighted by Crippen LogP contribution is -2.37. The second-order valence-corrected chi connectivity index (χ2v) is 3.61. The van der Waals surface area contributed by atoms with Gasteiger partial charge in [-0.05, 0) is 19.1 Å². The highest BCUT2D eigenvalue weighted by molar-refractivity contribution is 5.81. The fourth-order valence-corrected chi connectivity index (χ4v) is 1.51. The molecule has 0 unspecified atom stereocenters. The first-order valence-electron chi connectivity index (χ1n) is 5.71. The van der Waals surface area contributed by atoms with Crippen molar-refractivity contribution in [1.82, 2.24) is 5.32 Å². The number of hydrogen-bond acceptors (Lipinski definition) is 3. The maximum atomic E-state index is 11.6. The summed E-state index contributed by atoms with van der Waals surface area (Å²) in [5.74, 6) is -0.0500. The first-order valence-corrected chi connectivity index (χ1v) is 5.71. The molecule has 0 aromatic heterocycles. The van der Waals surface area contributed by atoms with E-state index in [1.165, 1.54) is 0 Å². The molecule has 1 aromatic carbocycles. The molecule has 0 saturated carbocycles. The Labute approximate surface area is 102 Å². The second-order valence-electron chi connectivity index (χ2n) is 3.61. The van der Waals surface area contributed by atoms with Crippen LogP contribution in [-0.4, -0.2) is 25.5 Å². The number of nitriles is 1. The van der Waals surface area contributed by atoms with Crippen LogP contribution in [0, 0.1) is 11.3 Å². The van der Waals surface area contributed by atoms with E-state index in [1.807, 2.05) is 48.2 Å². The summed E-state index contributed by atoms with van der Waals surface area (Å²) in [6, 6.07) is 11.8. The molecule has 0 atom stereocenters. The molecule has 0 saturated heterocycles. The van der Waals surface area contributed by atoms with Crippen molar-refractivity contribution in [3.8, 4) is 6.07 Å². The summed E-state index contributed by atoms with van der Waals surface area (Å²) in [4.78, 5) is 13.6. The fourth-order valence-electron chi connectivity index (χ4n) is 1.51. The van der Waals surface area contributed by atoms with Gasteiger partial charge in [0.2, 0.25) is 5.91 Å². The number of carbonyl (C=O) groups is 1. The van der Waals surface area contributed by atoms with Crippen LogP contribution in [0.15, 0.2) is 30.3 Å². The maximum absolute atomic E-state index is 11.6. The third-order valence-corrected chi connectivity index (χ3v) is 2.40. The van der Waals surface area contributed by atoms with Crippen LogP contribution in [0.25, 0.3) is 0 Å². The number of nitrogens with one attached hydrogen (secondary N) is 1. The van der Waals surface area contributed by atoms with Crippen LogP contribution >= 0.6 is 0 Å². The van der Waals surface area contributed by atoms with Gasteiger partial charge in [-0.1, -0.05) is 18.2 Å². The summed E-state index contributed by atoms with van der Waals surface area (Å²) in [7, 11) is 0. The van der Waals surface area contributed by atoms with E-state index >= 15 is 0 Å². The molecule has 0 fully saturated rings. The zero-order valence-corrected chi connectivity index (χ0v) is 10.0. The van der Waals surface area contributed by atoms with E-state index < -0.39 is 0 Å². The molecule has 1 N–H and O–H groups in total. The number of hydrogen-bond donors (Lipinski definition) is 1. The SMILES string of the molecule is CCN(CC(=O)NCCC#N)c1ccccc1. The number of amides is 1. The Morgan fingerprint density at radius 2 is 2.12 bits per heavy atom. The zero-order chi connectivity index (χ0) is 12.5. The van der Waals surface area contributed by atoms with Gasteiger partial charge in [0.1, 0.15) is 0 Å². The van der Waals surface area contributed by atoms with Gasteiger partial charge in [0.15, 0.2) is 0 Å². The van der Waals surface area contributed by atoms with Crippen molar-refractivity contribution in [2.24, 2.45) is 0 Å². The van der Waals surface area contributed by atoms with Crippen LogP contribution < -0.4 is 10.2 Å². The number of carbonyl (C=O) groups excluding carboxylic acids is 1. The summed E-state index contributed by atoms with van der Waals surface area (Å²) in [5.41, 5.74) is 1.03. The van der Waals surface area contributed by atoms with Gasteiger partial charge >= 0.3 is 0 Å². The minimum atomic E-state index is -0.0500. The summed E-state index contributed by atoms with van der Waals surface area (Å²) in [5, 5.41) is 11.1. The predicted molar refractivity (Wildman–Crippen MR) is 67.6 cm³/mol. The van der Waals surface area contributed by atoms with Gasteiger partial charge in [0, 0.05) is 18.8 Å². The molecule has 4 nitrogen and oxygen atoms in total. The van der Waals surface area contributed by atoms with E-state index in [4.69, 9.17) is 5.26 Å². The first-order chi connectivity index (χ1) is 8.27. The van der Waals surface area contributed by atoms with Crippen molar-refractivity contribution in [2.45, 2.75) is 13.3 Å². The molecule has 0 spiro atoms. The highest BCUT2D eigenvalue weighted by Crippen LogP contribution is 2.11. The van der Waals surface area contributed by atoms with Crippen molar-refractivity contribution >= 4 is 11.6 Å². The van der Waals surface area contributed by atoms with Crippen molar-refractivity contribution < 1.29 is 4.79 Å². The Bertz CT molecular complexity index is 383. The van der Waals surface area contributed by atoms with E-state index in [9.17, 15) is 4.79 Å². The summed E-state index contributed by atoms with van der Waals surface area (Å²) < 4.78 is 0. The largest absolute Gasteiger partial charge is 0.363 e. The van der Waals surface area contributed by atoms with Gasteiger partial charge in [-0.3, -0.25) is 4.79 Å². The Kier molecular flexibility index (Phi) is 5.59. The predicted octanol–water partition coefficient (Wildman–Crippen LogP) is 1.54. The lowest BCUT2D eigenvalue weighted by atomic mass is 10.3. The number of benzene rings is 1. The highest BCUT2D eigenvalue weighted by atomic mass is 16.2. The normalized spacial score (nSPS) is 9.41. The Hall–Kier alpha value is -2.02. The van der Waals surface area contributed by atoms with E-state index in [0.717, 1.165) is 12.2 Å². The quantitative estimate of drug-likeness (QED) is 0.756. The second kappa shape index (κ2) is 7.29. The maximum Gasteiger partial charge on any atom is 0.239 e. The van der Waals surface area contributed by atoms with Crippen molar-refractivity contribution in [3.05, 3.63) is 30.3 Å². The lowest BCUT2D eigenvalue weighted by Gasteiger charge is -2.22. The number of rotatable bonds is 6. The molecule has 17 heavy (non-hydrogen) atoms. The number of nitrogens with zero attached hydrogens (tertiary/aromatic N) is 2. The van der Waals surface area contributed by atoms with Crippen LogP contribution in [0.5, 0.6) is 0 Å². The molecular formula is C13H17N3O. The first kappa shape index (κ1) is 13.0. The molecule has 1 rings (SSSR count). The summed E-state index contributed by atoms with van der Waals surface area (Å²) in [6.07, 6.45) is 0.350. The standard InChI is InChI=1S/C13H17N3O/c1-2-16(12-7-4-3-5-8-12)11-13(17)15-10-6-9-14/h3-5,7-8H,2,6,10-11H2,1H3,(H,15,17). The molecule has 0 aliphatic heterocycles. The van der Waals surface area contributed by atoms with Crippen molar-refractivity contribution in [1.29, 1.82) is 5.26 Å². The van der Waals surface area contributed by atoms with Gasteiger partial charge in [-0.15, -0.1) is 0 Å². The molecule has 1 aromatic rings.